The molecule has 1 N–H and O–H groups in total. The van der Waals surface area contributed by atoms with Crippen LogP contribution in [0.4, 0.5) is 29.3 Å². The maximum absolute atomic E-state index is 13.1. The van der Waals surface area contributed by atoms with E-state index in [4.69, 9.17) is 34.0 Å². The van der Waals surface area contributed by atoms with E-state index in [1.54, 1.807) is 24.3 Å². The van der Waals surface area contributed by atoms with Gasteiger partial charge < -0.3 is 4.74 Å². The highest BCUT2D eigenvalue weighted by Gasteiger charge is 2.42. The maximum Gasteiger partial charge on any atom is 0.417 e. The second kappa shape index (κ2) is 7.40. The van der Waals surface area contributed by atoms with Gasteiger partial charge in [0.25, 0.3) is 0 Å². The highest BCUT2D eigenvalue weighted by molar-refractivity contribution is 7.82. The Labute approximate surface area is 168 Å². The summed E-state index contributed by atoms with van der Waals surface area (Å²) in [4.78, 5) is 14.6. The molecule has 0 spiro atoms. The number of nitrogens with zero attached hydrogens (tertiary/aromatic N) is 2. The van der Waals surface area contributed by atoms with Crippen LogP contribution >= 0.6 is 23.8 Å². The van der Waals surface area contributed by atoms with Crippen molar-refractivity contribution in [2.24, 2.45) is 0 Å². The summed E-state index contributed by atoms with van der Waals surface area (Å²) in [6, 6.07) is 8.64. The topological polar surface area (TPSA) is 56.6 Å². The van der Waals surface area contributed by atoms with Crippen molar-refractivity contribution in [3.05, 3.63) is 53.1 Å². The number of nitrogens with one attached hydrogen (secondary N) is 1. The van der Waals surface area contributed by atoms with Crippen LogP contribution in [0.1, 0.15) is 12.5 Å². The Morgan fingerprint density at radius 1 is 1.11 bits per heavy atom. The summed E-state index contributed by atoms with van der Waals surface area (Å²) in [5.41, 5.74) is -0.879. The van der Waals surface area contributed by atoms with E-state index in [1.165, 1.54) is 6.07 Å². The number of halogens is 4. The third-order valence-electron chi connectivity index (χ3n) is 3.93. The standard InChI is InChI=1S/C18H13ClF3N3O2S/c1-2-27-12-6-3-10(4-7-12)25-16(28)15(23)24(17(25)26)11-5-8-14(19)13(9-11)18(20,21)22/h3-9,23H,2H2,1H3. The number of alkyl halides is 3. The maximum atomic E-state index is 13.1. The van der Waals surface area contributed by atoms with Crippen molar-refractivity contribution >= 4 is 52.0 Å². The van der Waals surface area contributed by atoms with Crippen molar-refractivity contribution in [3.8, 4) is 5.75 Å². The minimum absolute atomic E-state index is 0.127. The van der Waals surface area contributed by atoms with Crippen molar-refractivity contribution in [1.29, 1.82) is 5.41 Å². The van der Waals surface area contributed by atoms with Gasteiger partial charge in [-0.3, -0.25) is 5.41 Å². The number of rotatable bonds is 4. The number of carbonyl (C=O) groups excluding carboxylic acids is 1. The summed E-state index contributed by atoms with van der Waals surface area (Å²) >= 11 is 10.8. The van der Waals surface area contributed by atoms with E-state index in [1.807, 2.05) is 6.92 Å². The summed E-state index contributed by atoms with van der Waals surface area (Å²) in [5.74, 6) is 0.188. The van der Waals surface area contributed by atoms with Gasteiger partial charge in [-0.2, -0.15) is 13.2 Å². The molecule has 3 rings (SSSR count). The molecule has 2 amide bonds. The summed E-state index contributed by atoms with van der Waals surface area (Å²) in [5, 5.41) is 7.63. The predicted octanol–water partition coefficient (Wildman–Crippen LogP) is 5.51. The quantitative estimate of drug-likeness (QED) is 0.655. The van der Waals surface area contributed by atoms with Crippen LogP contribution in [0.2, 0.25) is 5.02 Å². The minimum Gasteiger partial charge on any atom is -0.494 e. The molecule has 0 atom stereocenters. The van der Waals surface area contributed by atoms with Gasteiger partial charge in [0, 0.05) is 0 Å². The zero-order chi connectivity index (χ0) is 20.6. The van der Waals surface area contributed by atoms with Crippen LogP contribution < -0.4 is 14.5 Å². The molecule has 1 heterocycles. The third-order valence-corrected chi connectivity index (χ3v) is 4.64. The highest BCUT2D eigenvalue weighted by Crippen LogP contribution is 2.38. The van der Waals surface area contributed by atoms with Crippen molar-refractivity contribution < 1.29 is 22.7 Å². The molecule has 0 bridgehead atoms. The second-order valence-electron chi connectivity index (χ2n) is 5.70. The van der Waals surface area contributed by atoms with E-state index in [0.29, 0.717) is 18.0 Å². The number of ether oxygens (including phenoxy) is 1. The van der Waals surface area contributed by atoms with Crippen LogP contribution in [-0.2, 0) is 6.18 Å². The average molecular weight is 428 g/mol. The SMILES string of the molecule is CCOc1ccc(N2C(=O)N(c3ccc(Cl)c(C(F)(F)F)c3)C(=N)C2=S)cc1. The lowest BCUT2D eigenvalue weighted by Crippen LogP contribution is -2.33. The van der Waals surface area contributed by atoms with E-state index in [-0.39, 0.29) is 10.7 Å². The van der Waals surface area contributed by atoms with Crippen LogP contribution in [0.15, 0.2) is 42.5 Å². The van der Waals surface area contributed by atoms with E-state index in [2.05, 4.69) is 0 Å². The van der Waals surface area contributed by atoms with Crippen LogP contribution in [0.25, 0.3) is 0 Å². The first kappa shape index (κ1) is 20.1. The summed E-state index contributed by atoms with van der Waals surface area (Å²) in [7, 11) is 0. The predicted molar refractivity (Wildman–Crippen MR) is 105 cm³/mol. The van der Waals surface area contributed by atoms with Crippen LogP contribution in [-0.4, -0.2) is 23.5 Å². The van der Waals surface area contributed by atoms with Gasteiger partial charge in [0.05, 0.1) is 28.6 Å². The number of amides is 2. The number of amidine groups is 1. The zero-order valence-electron chi connectivity index (χ0n) is 14.4. The molecular weight excluding hydrogens is 415 g/mol. The first-order valence-corrected chi connectivity index (χ1v) is 8.80. The zero-order valence-corrected chi connectivity index (χ0v) is 16.0. The molecule has 1 saturated heterocycles. The molecule has 0 unspecified atom stereocenters. The van der Waals surface area contributed by atoms with Crippen molar-refractivity contribution in [2.45, 2.75) is 13.1 Å². The van der Waals surface area contributed by atoms with Gasteiger partial charge in [-0.05, 0) is 49.4 Å². The number of anilines is 2. The molecule has 28 heavy (non-hydrogen) atoms. The average Bonchev–Trinajstić information content (AvgIpc) is 2.85. The Morgan fingerprint density at radius 2 is 1.71 bits per heavy atom. The Morgan fingerprint density at radius 3 is 2.29 bits per heavy atom. The second-order valence-corrected chi connectivity index (χ2v) is 6.49. The van der Waals surface area contributed by atoms with Crippen molar-refractivity contribution in [2.75, 3.05) is 16.4 Å². The lowest BCUT2D eigenvalue weighted by molar-refractivity contribution is -0.137. The lowest BCUT2D eigenvalue weighted by atomic mass is 10.2. The fraction of sp³-hybridized carbons (Fsp3) is 0.167. The van der Waals surface area contributed by atoms with Gasteiger partial charge in [0.15, 0.2) is 10.8 Å². The summed E-state index contributed by atoms with van der Waals surface area (Å²) < 4.78 is 44.8. The Kier molecular flexibility index (Phi) is 5.31. The highest BCUT2D eigenvalue weighted by atomic mass is 35.5. The number of carbonyl (C=O) groups is 1. The van der Waals surface area contributed by atoms with E-state index in [9.17, 15) is 18.0 Å². The van der Waals surface area contributed by atoms with E-state index >= 15 is 0 Å². The van der Waals surface area contributed by atoms with Crippen LogP contribution in [0, 0.1) is 5.41 Å². The molecule has 1 aliphatic heterocycles. The third kappa shape index (κ3) is 3.55. The number of urea groups is 1. The summed E-state index contributed by atoms with van der Waals surface area (Å²) in [6.07, 6.45) is -4.70. The van der Waals surface area contributed by atoms with Crippen LogP contribution in [0.3, 0.4) is 0 Å². The fourth-order valence-corrected chi connectivity index (χ4v) is 3.18. The Hall–Kier alpha value is -2.65. The van der Waals surface area contributed by atoms with Gasteiger partial charge in [-0.25, -0.2) is 14.6 Å². The molecule has 10 heteroatoms. The van der Waals surface area contributed by atoms with Crippen molar-refractivity contribution in [1.82, 2.24) is 0 Å². The normalized spacial score (nSPS) is 14.8. The molecule has 5 nitrogen and oxygen atoms in total. The van der Waals surface area contributed by atoms with E-state index < -0.39 is 28.6 Å². The molecule has 0 saturated carbocycles. The van der Waals surface area contributed by atoms with Gasteiger partial charge in [0.2, 0.25) is 0 Å². The monoisotopic (exact) mass is 427 g/mol. The number of hydrogen-bond donors (Lipinski definition) is 1. The minimum atomic E-state index is -4.70. The first-order valence-electron chi connectivity index (χ1n) is 8.02. The number of benzene rings is 2. The molecule has 1 fully saturated rings. The largest absolute Gasteiger partial charge is 0.494 e. The van der Waals surface area contributed by atoms with E-state index in [0.717, 1.165) is 21.9 Å². The molecule has 2 aromatic carbocycles. The summed E-state index contributed by atoms with van der Waals surface area (Å²) in [6.45, 7) is 2.30. The van der Waals surface area contributed by atoms with Crippen molar-refractivity contribution in [3.63, 3.8) is 0 Å². The smallest absolute Gasteiger partial charge is 0.417 e. The van der Waals surface area contributed by atoms with Gasteiger partial charge in [-0.1, -0.05) is 23.8 Å². The Balaban J connectivity index is 1.98. The van der Waals surface area contributed by atoms with Crippen LogP contribution in [0.5, 0.6) is 5.75 Å². The number of thiocarbonyl (C=S) groups is 1. The van der Waals surface area contributed by atoms with Gasteiger partial charge >= 0.3 is 12.2 Å². The molecule has 1 aliphatic rings. The molecular formula is C18H13ClF3N3O2S. The Bertz CT molecular complexity index is 964. The van der Waals surface area contributed by atoms with Gasteiger partial charge in [0.1, 0.15) is 5.75 Å². The molecule has 0 radical (unpaired) electrons. The fourth-order valence-electron chi connectivity index (χ4n) is 2.68. The number of hydrogen-bond acceptors (Lipinski definition) is 4. The first-order chi connectivity index (χ1) is 13.1. The molecule has 146 valence electrons. The molecule has 0 aromatic heterocycles. The lowest BCUT2D eigenvalue weighted by Gasteiger charge is -2.19. The molecule has 2 aromatic rings. The van der Waals surface area contributed by atoms with Gasteiger partial charge in [-0.15, -0.1) is 0 Å². The molecule has 0 aliphatic carbocycles.